The van der Waals surface area contributed by atoms with Crippen molar-refractivity contribution in [3.63, 3.8) is 0 Å². The van der Waals surface area contributed by atoms with Gasteiger partial charge in [0.25, 0.3) is 0 Å². The Labute approximate surface area is 142 Å². The molecule has 3 heteroatoms. The van der Waals surface area contributed by atoms with E-state index in [1.54, 1.807) is 6.92 Å². The van der Waals surface area contributed by atoms with Crippen molar-refractivity contribution in [2.75, 3.05) is 0 Å². The van der Waals surface area contributed by atoms with Crippen LogP contribution in [-0.4, -0.2) is 10.9 Å². The molecule has 0 N–H and O–H groups in total. The van der Waals surface area contributed by atoms with E-state index >= 15 is 0 Å². The summed E-state index contributed by atoms with van der Waals surface area (Å²) >= 11 is 0. The number of carbonyl (C=O) groups excluding carboxylic acids is 1. The van der Waals surface area contributed by atoms with E-state index in [1.165, 1.54) is 18.4 Å². The Hall–Kier alpha value is -2.68. The molecule has 24 heavy (non-hydrogen) atoms. The van der Waals surface area contributed by atoms with Gasteiger partial charge in [-0.15, -0.1) is 0 Å². The van der Waals surface area contributed by atoms with Crippen molar-refractivity contribution in [1.29, 1.82) is 0 Å². The standard InChI is InChI=1S/C21H21NO2/c1-3-4-5-16-6-8-18(9-7-16)20-14-21(24-22-20)19-12-10-17(11-13-19)15(2)23/h6-14H,3-5H2,1-2H3. The van der Waals surface area contributed by atoms with Gasteiger partial charge in [-0.2, -0.15) is 0 Å². The third-order valence-corrected chi connectivity index (χ3v) is 4.15. The number of aryl methyl sites for hydroxylation is 1. The number of benzene rings is 2. The SMILES string of the molecule is CCCCc1ccc(-c2cc(-c3ccc(C(C)=O)cc3)on2)cc1. The molecule has 0 aliphatic carbocycles. The molecular weight excluding hydrogens is 298 g/mol. The van der Waals surface area contributed by atoms with Crippen LogP contribution in [0.2, 0.25) is 0 Å². The molecular formula is C21H21NO2. The Morgan fingerprint density at radius 3 is 2.29 bits per heavy atom. The molecule has 0 saturated carbocycles. The first-order valence-corrected chi connectivity index (χ1v) is 8.35. The summed E-state index contributed by atoms with van der Waals surface area (Å²) < 4.78 is 5.47. The molecule has 0 unspecified atom stereocenters. The van der Waals surface area contributed by atoms with Gasteiger partial charge in [0.1, 0.15) is 5.69 Å². The van der Waals surface area contributed by atoms with Crippen LogP contribution in [-0.2, 0) is 6.42 Å². The molecule has 122 valence electrons. The number of Topliss-reactive ketones (excluding diaryl/α,β-unsaturated/α-hetero) is 1. The molecule has 0 spiro atoms. The summed E-state index contributed by atoms with van der Waals surface area (Å²) in [5, 5.41) is 4.17. The second kappa shape index (κ2) is 7.26. The van der Waals surface area contributed by atoms with Gasteiger partial charge in [0.15, 0.2) is 11.5 Å². The molecule has 0 aliphatic rings. The number of rotatable bonds is 6. The van der Waals surface area contributed by atoms with Crippen LogP contribution in [0.15, 0.2) is 59.1 Å². The average molecular weight is 319 g/mol. The summed E-state index contributed by atoms with van der Waals surface area (Å²) in [6, 6.07) is 17.8. The van der Waals surface area contributed by atoms with Crippen molar-refractivity contribution in [2.45, 2.75) is 33.1 Å². The summed E-state index contributed by atoms with van der Waals surface area (Å²) in [5.41, 5.74) is 4.83. The highest BCUT2D eigenvalue weighted by Gasteiger charge is 2.09. The van der Waals surface area contributed by atoms with Gasteiger partial charge < -0.3 is 4.52 Å². The van der Waals surface area contributed by atoms with Crippen LogP contribution >= 0.6 is 0 Å². The molecule has 3 nitrogen and oxygen atoms in total. The van der Waals surface area contributed by atoms with E-state index in [0.29, 0.717) is 11.3 Å². The molecule has 0 bridgehead atoms. The second-order valence-corrected chi connectivity index (χ2v) is 6.01. The maximum atomic E-state index is 11.3. The monoisotopic (exact) mass is 319 g/mol. The molecule has 0 radical (unpaired) electrons. The van der Waals surface area contributed by atoms with Crippen LogP contribution in [0, 0.1) is 0 Å². The summed E-state index contributed by atoms with van der Waals surface area (Å²) in [6.45, 7) is 3.76. The minimum atomic E-state index is 0.0583. The fraction of sp³-hybridized carbons (Fsp3) is 0.238. The van der Waals surface area contributed by atoms with E-state index < -0.39 is 0 Å². The van der Waals surface area contributed by atoms with Gasteiger partial charge in [-0.3, -0.25) is 4.79 Å². The Bertz CT molecular complexity index is 814. The lowest BCUT2D eigenvalue weighted by molar-refractivity contribution is 0.101. The number of nitrogens with zero attached hydrogens (tertiary/aromatic N) is 1. The van der Waals surface area contributed by atoms with Gasteiger partial charge >= 0.3 is 0 Å². The van der Waals surface area contributed by atoms with E-state index in [-0.39, 0.29) is 5.78 Å². The first-order valence-electron chi connectivity index (χ1n) is 8.35. The predicted octanol–water partition coefficient (Wildman–Crippen LogP) is 5.55. The van der Waals surface area contributed by atoms with E-state index in [4.69, 9.17) is 4.52 Å². The van der Waals surface area contributed by atoms with E-state index in [0.717, 1.165) is 23.2 Å². The van der Waals surface area contributed by atoms with Crippen LogP contribution < -0.4 is 0 Å². The van der Waals surface area contributed by atoms with Crippen molar-refractivity contribution < 1.29 is 9.32 Å². The highest BCUT2D eigenvalue weighted by atomic mass is 16.5. The van der Waals surface area contributed by atoms with Crippen LogP contribution in [0.5, 0.6) is 0 Å². The van der Waals surface area contributed by atoms with Gasteiger partial charge in [-0.1, -0.05) is 67.0 Å². The maximum absolute atomic E-state index is 11.3. The molecule has 1 aromatic heterocycles. The lowest BCUT2D eigenvalue weighted by atomic mass is 10.0. The molecule has 0 amide bonds. The number of unbranched alkanes of at least 4 members (excludes halogenated alkanes) is 1. The van der Waals surface area contributed by atoms with Crippen LogP contribution in [0.3, 0.4) is 0 Å². The quantitative estimate of drug-likeness (QED) is 0.559. The Morgan fingerprint density at radius 1 is 1.00 bits per heavy atom. The van der Waals surface area contributed by atoms with Crippen LogP contribution in [0.1, 0.15) is 42.6 Å². The molecule has 0 saturated heterocycles. The Balaban J connectivity index is 1.78. The number of aromatic nitrogens is 1. The number of ketones is 1. The number of hydrogen-bond donors (Lipinski definition) is 0. The van der Waals surface area contributed by atoms with Gasteiger partial charge in [-0.05, 0) is 25.3 Å². The fourth-order valence-corrected chi connectivity index (χ4v) is 2.64. The lowest BCUT2D eigenvalue weighted by Gasteiger charge is -2.01. The largest absolute Gasteiger partial charge is 0.356 e. The first-order chi connectivity index (χ1) is 11.7. The molecule has 3 rings (SSSR count). The molecule has 2 aromatic carbocycles. The van der Waals surface area contributed by atoms with Crippen LogP contribution in [0.25, 0.3) is 22.6 Å². The third-order valence-electron chi connectivity index (χ3n) is 4.15. The molecule has 0 fully saturated rings. The normalized spacial score (nSPS) is 10.8. The lowest BCUT2D eigenvalue weighted by Crippen LogP contribution is -1.90. The molecule has 0 aliphatic heterocycles. The number of carbonyl (C=O) groups is 1. The van der Waals surface area contributed by atoms with Gasteiger partial charge in [0.05, 0.1) is 0 Å². The van der Waals surface area contributed by atoms with Crippen molar-refractivity contribution in [3.05, 3.63) is 65.7 Å². The van der Waals surface area contributed by atoms with Crippen molar-refractivity contribution >= 4 is 5.78 Å². The van der Waals surface area contributed by atoms with Gasteiger partial charge in [0, 0.05) is 22.8 Å². The summed E-state index contributed by atoms with van der Waals surface area (Å²) in [4.78, 5) is 11.3. The van der Waals surface area contributed by atoms with Crippen LogP contribution in [0.4, 0.5) is 0 Å². The molecule has 3 aromatic rings. The van der Waals surface area contributed by atoms with Crippen molar-refractivity contribution in [2.24, 2.45) is 0 Å². The predicted molar refractivity (Wildman–Crippen MR) is 96.0 cm³/mol. The van der Waals surface area contributed by atoms with Gasteiger partial charge in [0.2, 0.25) is 0 Å². The average Bonchev–Trinajstić information content (AvgIpc) is 3.10. The molecule has 1 heterocycles. The second-order valence-electron chi connectivity index (χ2n) is 6.01. The maximum Gasteiger partial charge on any atom is 0.167 e. The smallest absolute Gasteiger partial charge is 0.167 e. The minimum absolute atomic E-state index is 0.0583. The van der Waals surface area contributed by atoms with E-state index in [2.05, 4.69) is 36.3 Å². The minimum Gasteiger partial charge on any atom is -0.356 e. The van der Waals surface area contributed by atoms with Crippen molar-refractivity contribution in [1.82, 2.24) is 5.16 Å². The van der Waals surface area contributed by atoms with E-state index in [9.17, 15) is 4.79 Å². The number of hydrogen-bond acceptors (Lipinski definition) is 3. The zero-order valence-electron chi connectivity index (χ0n) is 14.1. The van der Waals surface area contributed by atoms with Gasteiger partial charge in [-0.25, -0.2) is 0 Å². The molecule has 0 atom stereocenters. The first kappa shape index (κ1) is 16.2. The summed E-state index contributed by atoms with van der Waals surface area (Å²) in [7, 11) is 0. The van der Waals surface area contributed by atoms with E-state index in [1.807, 2.05) is 30.3 Å². The summed E-state index contributed by atoms with van der Waals surface area (Å²) in [5.74, 6) is 0.762. The zero-order chi connectivity index (χ0) is 16.9. The Morgan fingerprint density at radius 2 is 1.67 bits per heavy atom. The highest BCUT2D eigenvalue weighted by Crippen LogP contribution is 2.26. The highest BCUT2D eigenvalue weighted by molar-refractivity contribution is 5.94. The fourth-order valence-electron chi connectivity index (χ4n) is 2.64. The third kappa shape index (κ3) is 3.62. The van der Waals surface area contributed by atoms with Crippen molar-refractivity contribution in [3.8, 4) is 22.6 Å². The summed E-state index contributed by atoms with van der Waals surface area (Å²) in [6.07, 6.45) is 3.53. The zero-order valence-corrected chi connectivity index (χ0v) is 14.1. The topological polar surface area (TPSA) is 43.1 Å². The Kier molecular flexibility index (Phi) is 4.90.